The maximum atomic E-state index is 13.2. The lowest BCUT2D eigenvalue weighted by Crippen LogP contribution is -2.47. The Balaban J connectivity index is 1.96. The predicted molar refractivity (Wildman–Crippen MR) is 136 cm³/mol. The van der Waals surface area contributed by atoms with Crippen LogP contribution in [0.2, 0.25) is 5.02 Å². The highest BCUT2D eigenvalue weighted by Crippen LogP contribution is 2.29. The van der Waals surface area contributed by atoms with Gasteiger partial charge < -0.3 is 14.7 Å². The van der Waals surface area contributed by atoms with Crippen molar-refractivity contribution in [3.8, 4) is 17.6 Å². The topological polar surface area (TPSA) is 87.2 Å². The van der Waals surface area contributed by atoms with Gasteiger partial charge in [-0.1, -0.05) is 50.3 Å². The molecule has 0 spiro atoms. The highest BCUT2D eigenvalue weighted by atomic mass is 35.5. The van der Waals surface area contributed by atoms with Crippen molar-refractivity contribution < 1.29 is 23.1 Å². The monoisotopic (exact) mass is 518 g/mol. The molecule has 2 aromatic carbocycles. The molecule has 1 saturated heterocycles. The number of halogens is 1. The van der Waals surface area contributed by atoms with Crippen LogP contribution in [-0.4, -0.2) is 68.0 Å². The van der Waals surface area contributed by atoms with Crippen molar-refractivity contribution in [1.29, 1.82) is 0 Å². The van der Waals surface area contributed by atoms with E-state index >= 15 is 0 Å². The summed E-state index contributed by atoms with van der Waals surface area (Å²) < 4.78 is 33.7. The van der Waals surface area contributed by atoms with E-state index in [1.165, 1.54) is 4.31 Å². The summed E-state index contributed by atoms with van der Waals surface area (Å²) in [4.78, 5) is 14.1. The number of ether oxygens (including phenoxy) is 1. The third-order valence-electron chi connectivity index (χ3n) is 5.84. The molecule has 35 heavy (non-hydrogen) atoms. The van der Waals surface area contributed by atoms with E-state index in [9.17, 15) is 18.3 Å². The molecule has 1 aliphatic heterocycles. The Kier molecular flexibility index (Phi) is 8.17. The number of sulfonamides is 1. The molecule has 9 heteroatoms. The van der Waals surface area contributed by atoms with Crippen molar-refractivity contribution in [2.24, 2.45) is 5.41 Å². The summed E-state index contributed by atoms with van der Waals surface area (Å²) in [5.41, 5.74) is 1.13. The maximum absolute atomic E-state index is 13.2. The van der Waals surface area contributed by atoms with Crippen LogP contribution < -0.4 is 4.74 Å². The van der Waals surface area contributed by atoms with E-state index in [4.69, 9.17) is 16.3 Å². The molecule has 7 nitrogen and oxygen atoms in total. The minimum absolute atomic E-state index is 0.193. The number of likely N-dealkylation sites (N-methyl/N-ethyl adjacent to an activating group) is 1. The van der Waals surface area contributed by atoms with Crippen molar-refractivity contribution in [2.45, 2.75) is 38.7 Å². The van der Waals surface area contributed by atoms with Crippen LogP contribution in [0.15, 0.2) is 41.3 Å². The molecular weight excluding hydrogens is 488 g/mol. The fraction of sp³-hybridized carbons (Fsp3) is 0.423. The van der Waals surface area contributed by atoms with Crippen LogP contribution in [0.4, 0.5) is 0 Å². The molecule has 1 unspecified atom stereocenters. The first-order valence-corrected chi connectivity index (χ1v) is 13.1. The predicted octanol–water partition coefficient (Wildman–Crippen LogP) is 3.86. The normalized spacial score (nSPS) is 16.3. The van der Waals surface area contributed by atoms with Gasteiger partial charge in [0.1, 0.15) is 5.75 Å². The van der Waals surface area contributed by atoms with E-state index in [0.29, 0.717) is 48.1 Å². The van der Waals surface area contributed by atoms with Gasteiger partial charge in [0.2, 0.25) is 10.0 Å². The Morgan fingerprint density at radius 3 is 2.29 bits per heavy atom. The van der Waals surface area contributed by atoms with E-state index in [2.05, 4.69) is 16.7 Å². The minimum atomic E-state index is -3.64. The van der Waals surface area contributed by atoms with Crippen molar-refractivity contribution >= 4 is 27.6 Å². The molecule has 1 N–H and O–H groups in total. The maximum Gasteiger partial charge on any atom is 0.345 e. The highest BCUT2D eigenvalue weighted by Gasteiger charge is 2.34. The number of carboxylic acids is 1. The molecule has 2 aromatic rings. The number of aryl methyl sites for hydroxylation is 1. The number of aliphatic carboxylic acids is 1. The Labute approximate surface area is 212 Å². The zero-order valence-electron chi connectivity index (χ0n) is 20.6. The first-order chi connectivity index (χ1) is 16.3. The standard InChI is InChI=1S/C26H31ClN2O5S/c1-18-6-10-22(35(32,33)29-14-12-28(5)13-15-29)17-19(18)7-8-20-16-21(27)9-11-23(20)34-24(25(30)31)26(2,3)4/h6,9-11,16-17,24H,12-15H2,1-5H3,(H,30,31). The van der Waals surface area contributed by atoms with Crippen LogP contribution in [0.1, 0.15) is 37.5 Å². The molecule has 1 atom stereocenters. The fourth-order valence-corrected chi connectivity index (χ4v) is 5.26. The number of rotatable bonds is 5. The van der Waals surface area contributed by atoms with Gasteiger partial charge in [-0.05, 0) is 49.9 Å². The number of hydrogen-bond acceptors (Lipinski definition) is 5. The summed E-state index contributed by atoms with van der Waals surface area (Å²) >= 11 is 6.17. The molecule has 0 bridgehead atoms. The van der Waals surface area contributed by atoms with Gasteiger partial charge in [0.25, 0.3) is 0 Å². The summed E-state index contributed by atoms with van der Waals surface area (Å²) in [6.45, 7) is 9.44. The Hall–Kier alpha value is -2.57. The number of carboxylic acid groups (broad SMARTS) is 1. The van der Waals surface area contributed by atoms with Gasteiger partial charge in [-0.3, -0.25) is 0 Å². The second-order valence-corrected chi connectivity index (χ2v) is 12.2. The summed E-state index contributed by atoms with van der Waals surface area (Å²) in [5.74, 6) is 5.25. The highest BCUT2D eigenvalue weighted by molar-refractivity contribution is 7.89. The molecule has 1 aliphatic rings. The lowest BCUT2D eigenvalue weighted by molar-refractivity contribution is -0.150. The molecule has 1 heterocycles. The third-order valence-corrected chi connectivity index (χ3v) is 7.97. The molecule has 3 rings (SSSR count). The van der Waals surface area contributed by atoms with Gasteiger partial charge in [0.15, 0.2) is 6.10 Å². The minimum Gasteiger partial charge on any atom is -0.478 e. The summed E-state index contributed by atoms with van der Waals surface area (Å²) in [7, 11) is -1.67. The van der Waals surface area contributed by atoms with Crippen molar-refractivity contribution in [3.63, 3.8) is 0 Å². The summed E-state index contributed by atoms with van der Waals surface area (Å²) in [5, 5.41) is 10.1. The van der Waals surface area contributed by atoms with Crippen molar-refractivity contribution in [3.05, 3.63) is 58.1 Å². The lowest BCUT2D eigenvalue weighted by atomic mass is 9.89. The molecule has 0 amide bonds. The Bertz CT molecular complexity index is 1270. The molecule has 1 fully saturated rings. The fourth-order valence-electron chi connectivity index (χ4n) is 3.64. The van der Waals surface area contributed by atoms with Gasteiger partial charge >= 0.3 is 5.97 Å². The van der Waals surface area contributed by atoms with Crippen LogP contribution in [-0.2, 0) is 14.8 Å². The SMILES string of the molecule is Cc1ccc(S(=O)(=O)N2CCN(C)CC2)cc1C#Cc1cc(Cl)ccc1OC(C(=O)O)C(C)(C)C. The average Bonchev–Trinajstić information content (AvgIpc) is 2.77. The molecule has 0 aliphatic carbocycles. The van der Waals surface area contributed by atoms with E-state index in [1.807, 2.05) is 14.0 Å². The molecule has 0 aromatic heterocycles. The zero-order chi connectivity index (χ0) is 26.0. The largest absolute Gasteiger partial charge is 0.478 e. The second kappa shape index (κ2) is 10.6. The van der Waals surface area contributed by atoms with Crippen LogP contribution in [0.3, 0.4) is 0 Å². The number of piperazine rings is 1. The van der Waals surface area contributed by atoms with Crippen LogP contribution in [0, 0.1) is 24.2 Å². The van der Waals surface area contributed by atoms with E-state index in [1.54, 1.807) is 57.2 Å². The van der Waals surface area contributed by atoms with E-state index < -0.39 is 27.5 Å². The number of carbonyl (C=O) groups is 1. The van der Waals surface area contributed by atoms with Gasteiger partial charge in [-0.2, -0.15) is 4.31 Å². The molecular formula is C26H31ClN2O5S. The van der Waals surface area contributed by atoms with Crippen molar-refractivity contribution in [1.82, 2.24) is 9.21 Å². The first-order valence-electron chi connectivity index (χ1n) is 11.3. The van der Waals surface area contributed by atoms with E-state index in [-0.39, 0.29) is 4.90 Å². The van der Waals surface area contributed by atoms with Gasteiger partial charge in [-0.25, -0.2) is 13.2 Å². The molecule has 0 saturated carbocycles. The summed E-state index contributed by atoms with van der Waals surface area (Å²) in [6.07, 6.45) is -1.09. The quantitative estimate of drug-likeness (QED) is 0.605. The first kappa shape index (κ1) is 27.0. The van der Waals surface area contributed by atoms with E-state index in [0.717, 1.165) is 5.56 Å². The average molecular weight is 519 g/mol. The van der Waals surface area contributed by atoms with Gasteiger partial charge in [0, 0.05) is 42.2 Å². The van der Waals surface area contributed by atoms with Crippen LogP contribution in [0.25, 0.3) is 0 Å². The third kappa shape index (κ3) is 6.56. The molecule has 188 valence electrons. The number of nitrogens with zero attached hydrogens (tertiary/aromatic N) is 2. The number of benzene rings is 2. The Morgan fingerprint density at radius 1 is 1.06 bits per heavy atom. The Morgan fingerprint density at radius 2 is 1.69 bits per heavy atom. The summed E-state index contributed by atoms with van der Waals surface area (Å²) in [6, 6.07) is 9.72. The lowest BCUT2D eigenvalue weighted by Gasteiger charge is -2.31. The zero-order valence-corrected chi connectivity index (χ0v) is 22.2. The van der Waals surface area contributed by atoms with Gasteiger partial charge in [0.05, 0.1) is 10.5 Å². The van der Waals surface area contributed by atoms with Crippen LogP contribution >= 0.6 is 11.6 Å². The van der Waals surface area contributed by atoms with Crippen LogP contribution in [0.5, 0.6) is 5.75 Å². The number of hydrogen-bond donors (Lipinski definition) is 1. The second-order valence-electron chi connectivity index (χ2n) is 9.78. The smallest absolute Gasteiger partial charge is 0.345 e. The van der Waals surface area contributed by atoms with Gasteiger partial charge in [-0.15, -0.1) is 0 Å². The van der Waals surface area contributed by atoms with Crippen molar-refractivity contribution in [2.75, 3.05) is 33.2 Å². The molecule has 0 radical (unpaired) electrons.